The summed E-state index contributed by atoms with van der Waals surface area (Å²) < 4.78 is 38.1. The normalized spacial score (nSPS) is 11.3. The van der Waals surface area contributed by atoms with Gasteiger partial charge in [-0.3, -0.25) is 0 Å². The largest absolute Gasteiger partial charge is 0.416 e. The summed E-state index contributed by atoms with van der Waals surface area (Å²) in [6, 6.07) is 4.98. The van der Waals surface area contributed by atoms with Gasteiger partial charge in [-0.25, -0.2) is 9.98 Å². The fourth-order valence-corrected chi connectivity index (χ4v) is 3.12. The molecule has 0 spiro atoms. The SMILES string of the molecule is CCNC(=NCc1sc(C)nc1C)NCC#Cc1cccc(C(F)(F)F)c1.I. The molecule has 2 N–H and O–H groups in total. The second kappa shape index (κ2) is 11.3. The van der Waals surface area contributed by atoms with Crippen LogP contribution < -0.4 is 10.6 Å². The average molecular weight is 522 g/mol. The lowest BCUT2D eigenvalue weighted by molar-refractivity contribution is -0.137. The summed E-state index contributed by atoms with van der Waals surface area (Å²) >= 11 is 1.61. The first-order chi connectivity index (χ1) is 12.8. The topological polar surface area (TPSA) is 49.3 Å². The van der Waals surface area contributed by atoms with E-state index >= 15 is 0 Å². The van der Waals surface area contributed by atoms with Crippen molar-refractivity contribution in [3.05, 3.63) is 51.0 Å². The van der Waals surface area contributed by atoms with Crippen LogP contribution in [0.4, 0.5) is 13.2 Å². The highest BCUT2D eigenvalue weighted by molar-refractivity contribution is 14.0. The van der Waals surface area contributed by atoms with Gasteiger partial charge in [0.2, 0.25) is 0 Å². The third-order valence-electron chi connectivity index (χ3n) is 3.49. The third-order valence-corrected chi connectivity index (χ3v) is 4.55. The molecule has 152 valence electrons. The molecule has 0 radical (unpaired) electrons. The van der Waals surface area contributed by atoms with Gasteiger partial charge in [0.05, 0.1) is 29.4 Å². The number of hydrogen-bond acceptors (Lipinski definition) is 3. The predicted octanol–water partition coefficient (Wildman–Crippen LogP) is 4.50. The minimum atomic E-state index is -4.37. The van der Waals surface area contributed by atoms with E-state index in [2.05, 4.69) is 32.5 Å². The monoisotopic (exact) mass is 522 g/mol. The molecular formula is C19H22F3IN4S. The molecular weight excluding hydrogens is 500 g/mol. The van der Waals surface area contributed by atoms with Crippen molar-refractivity contribution in [3.63, 3.8) is 0 Å². The Balaban J connectivity index is 0.00000392. The van der Waals surface area contributed by atoms with E-state index in [0.29, 0.717) is 24.6 Å². The molecule has 4 nitrogen and oxygen atoms in total. The standard InChI is InChI=1S/C19H21F3N4S.HI/c1-4-23-18(25-12-17-13(2)26-14(3)27-17)24-10-6-8-15-7-5-9-16(11-15)19(20,21)22;/h5,7,9,11H,4,10,12H2,1-3H3,(H2,23,24,25);1H. The van der Waals surface area contributed by atoms with E-state index in [0.717, 1.165) is 27.7 Å². The molecule has 2 rings (SSSR count). The number of aryl methyl sites for hydroxylation is 2. The number of hydrogen-bond donors (Lipinski definition) is 2. The lowest BCUT2D eigenvalue weighted by atomic mass is 10.1. The maximum atomic E-state index is 12.7. The van der Waals surface area contributed by atoms with Gasteiger partial charge in [0.15, 0.2) is 5.96 Å². The first kappa shape index (κ1) is 24.2. The first-order valence-corrected chi connectivity index (χ1v) is 9.22. The molecule has 0 atom stereocenters. The quantitative estimate of drug-likeness (QED) is 0.269. The molecule has 0 aliphatic carbocycles. The third kappa shape index (κ3) is 7.67. The maximum Gasteiger partial charge on any atom is 0.416 e. The Bertz CT molecular complexity index is 866. The van der Waals surface area contributed by atoms with Gasteiger partial charge in [-0.2, -0.15) is 13.2 Å². The number of alkyl halides is 3. The van der Waals surface area contributed by atoms with Crippen LogP contribution in [0.2, 0.25) is 0 Å². The van der Waals surface area contributed by atoms with Crippen LogP contribution in [0.3, 0.4) is 0 Å². The van der Waals surface area contributed by atoms with Crippen LogP contribution in [0.1, 0.15) is 33.6 Å². The minimum absolute atomic E-state index is 0. The summed E-state index contributed by atoms with van der Waals surface area (Å²) in [5, 5.41) is 7.18. The molecule has 0 saturated heterocycles. The zero-order chi connectivity index (χ0) is 19.9. The molecule has 2 aromatic rings. The van der Waals surface area contributed by atoms with Crippen LogP contribution in [-0.4, -0.2) is 24.0 Å². The number of benzene rings is 1. The summed E-state index contributed by atoms with van der Waals surface area (Å²) in [6.07, 6.45) is -4.37. The molecule has 1 aromatic carbocycles. The zero-order valence-electron chi connectivity index (χ0n) is 15.8. The molecule has 0 saturated carbocycles. The summed E-state index contributed by atoms with van der Waals surface area (Å²) in [6.45, 7) is 7.32. The highest BCUT2D eigenvalue weighted by Gasteiger charge is 2.30. The Kier molecular flexibility index (Phi) is 9.75. The van der Waals surface area contributed by atoms with Gasteiger partial charge in [-0.1, -0.05) is 17.9 Å². The van der Waals surface area contributed by atoms with Crippen LogP contribution in [0.5, 0.6) is 0 Å². The van der Waals surface area contributed by atoms with Crippen molar-refractivity contribution >= 4 is 41.3 Å². The van der Waals surface area contributed by atoms with Gasteiger partial charge in [0, 0.05) is 17.0 Å². The highest BCUT2D eigenvalue weighted by atomic mass is 127. The number of aliphatic imine (C=N–C) groups is 1. The van der Waals surface area contributed by atoms with E-state index in [1.165, 1.54) is 6.07 Å². The summed E-state index contributed by atoms with van der Waals surface area (Å²) in [7, 11) is 0. The summed E-state index contributed by atoms with van der Waals surface area (Å²) in [5.74, 6) is 6.16. The Morgan fingerprint density at radius 2 is 2.00 bits per heavy atom. The molecule has 0 aliphatic rings. The van der Waals surface area contributed by atoms with Gasteiger partial charge in [0.1, 0.15) is 0 Å². The van der Waals surface area contributed by atoms with Crippen molar-refractivity contribution in [2.75, 3.05) is 13.1 Å². The molecule has 28 heavy (non-hydrogen) atoms. The number of halogens is 4. The zero-order valence-corrected chi connectivity index (χ0v) is 18.9. The van der Waals surface area contributed by atoms with Gasteiger partial charge < -0.3 is 10.6 Å². The van der Waals surface area contributed by atoms with Gasteiger partial charge >= 0.3 is 6.18 Å². The van der Waals surface area contributed by atoms with Crippen molar-refractivity contribution in [3.8, 4) is 11.8 Å². The molecule has 1 heterocycles. The minimum Gasteiger partial charge on any atom is -0.357 e. The molecule has 0 fully saturated rings. The Hall–Kier alpha value is -1.80. The van der Waals surface area contributed by atoms with Crippen LogP contribution in [0.15, 0.2) is 29.3 Å². The number of nitrogens with one attached hydrogen (secondary N) is 2. The number of guanidine groups is 1. The van der Waals surface area contributed by atoms with Crippen molar-refractivity contribution < 1.29 is 13.2 Å². The highest BCUT2D eigenvalue weighted by Crippen LogP contribution is 2.29. The average Bonchev–Trinajstić information content (AvgIpc) is 2.93. The number of aromatic nitrogens is 1. The fourth-order valence-electron chi connectivity index (χ4n) is 2.26. The lowest BCUT2D eigenvalue weighted by Gasteiger charge is -2.08. The Morgan fingerprint density at radius 1 is 1.25 bits per heavy atom. The Labute approximate surface area is 184 Å². The van der Waals surface area contributed by atoms with Gasteiger partial charge in [-0.15, -0.1) is 35.3 Å². The van der Waals surface area contributed by atoms with E-state index < -0.39 is 11.7 Å². The first-order valence-electron chi connectivity index (χ1n) is 8.40. The lowest BCUT2D eigenvalue weighted by Crippen LogP contribution is -2.37. The van der Waals surface area contributed by atoms with Gasteiger partial charge in [-0.05, 0) is 39.0 Å². The van der Waals surface area contributed by atoms with Crippen molar-refractivity contribution in [1.82, 2.24) is 15.6 Å². The second-order valence-corrected chi connectivity index (χ2v) is 6.96. The van der Waals surface area contributed by atoms with E-state index in [1.807, 2.05) is 20.8 Å². The smallest absolute Gasteiger partial charge is 0.357 e. The number of nitrogens with zero attached hydrogens (tertiary/aromatic N) is 2. The molecule has 0 bridgehead atoms. The van der Waals surface area contributed by atoms with Crippen LogP contribution in [-0.2, 0) is 12.7 Å². The van der Waals surface area contributed by atoms with E-state index in [4.69, 9.17) is 0 Å². The summed E-state index contributed by atoms with van der Waals surface area (Å²) in [4.78, 5) is 9.97. The number of rotatable bonds is 4. The van der Waals surface area contributed by atoms with E-state index in [-0.39, 0.29) is 30.5 Å². The van der Waals surface area contributed by atoms with Crippen molar-refractivity contribution in [1.29, 1.82) is 0 Å². The van der Waals surface area contributed by atoms with Crippen LogP contribution >= 0.6 is 35.3 Å². The van der Waals surface area contributed by atoms with Crippen LogP contribution in [0, 0.1) is 25.7 Å². The van der Waals surface area contributed by atoms with Gasteiger partial charge in [0.25, 0.3) is 0 Å². The molecule has 9 heteroatoms. The van der Waals surface area contributed by atoms with Crippen LogP contribution in [0.25, 0.3) is 0 Å². The molecule has 0 aliphatic heterocycles. The Morgan fingerprint density at radius 3 is 2.61 bits per heavy atom. The second-order valence-electron chi connectivity index (χ2n) is 5.67. The predicted molar refractivity (Wildman–Crippen MR) is 118 cm³/mol. The fraction of sp³-hybridized carbons (Fsp3) is 0.368. The maximum absolute atomic E-state index is 12.7. The molecule has 1 aromatic heterocycles. The molecule has 0 amide bonds. The summed E-state index contributed by atoms with van der Waals surface area (Å²) in [5.41, 5.74) is 0.596. The van der Waals surface area contributed by atoms with Crippen molar-refractivity contribution in [2.45, 2.75) is 33.5 Å². The number of thiazole rings is 1. The van der Waals surface area contributed by atoms with Crippen molar-refractivity contribution in [2.24, 2.45) is 4.99 Å². The van der Waals surface area contributed by atoms with E-state index in [9.17, 15) is 13.2 Å². The molecule has 0 unspecified atom stereocenters. The van der Waals surface area contributed by atoms with E-state index in [1.54, 1.807) is 17.4 Å².